The number of nitrogens with one attached hydrogen (secondary N) is 1. The van der Waals surface area contributed by atoms with Crippen molar-refractivity contribution < 1.29 is 0 Å². The lowest BCUT2D eigenvalue weighted by atomic mass is 9.96. The molecule has 32 heavy (non-hydrogen) atoms. The van der Waals surface area contributed by atoms with Gasteiger partial charge in [0.2, 0.25) is 0 Å². The van der Waals surface area contributed by atoms with Gasteiger partial charge in [0, 0.05) is 34.5 Å². The normalized spacial score (nSPS) is 18.1. The number of pyridine rings is 2. The van der Waals surface area contributed by atoms with Crippen molar-refractivity contribution in [1.82, 2.24) is 19.9 Å². The average Bonchev–Trinajstić information content (AvgIpc) is 3.31. The molecule has 0 amide bonds. The summed E-state index contributed by atoms with van der Waals surface area (Å²) in [5.74, 6) is 0.898. The van der Waals surface area contributed by atoms with Gasteiger partial charge in [0.1, 0.15) is 5.82 Å². The van der Waals surface area contributed by atoms with E-state index in [0.717, 1.165) is 28.6 Å². The molecule has 7 heteroatoms. The third kappa shape index (κ3) is 3.55. The van der Waals surface area contributed by atoms with Gasteiger partial charge in [-0.2, -0.15) is 0 Å². The van der Waals surface area contributed by atoms with Gasteiger partial charge in [-0.1, -0.05) is 23.7 Å². The van der Waals surface area contributed by atoms with Crippen molar-refractivity contribution in [3.8, 4) is 5.82 Å². The van der Waals surface area contributed by atoms with Gasteiger partial charge in [-0.25, -0.2) is 4.98 Å². The largest absolute Gasteiger partial charge is 0.351 e. The van der Waals surface area contributed by atoms with Crippen molar-refractivity contribution in [3.63, 3.8) is 0 Å². The molecule has 0 aliphatic carbocycles. The lowest BCUT2D eigenvalue weighted by Crippen LogP contribution is -2.29. The lowest BCUT2D eigenvalue weighted by Gasteiger charge is -2.28. The Balaban J connectivity index is 1.68. The Morgan fingerprint density at radius 1 is 0.938 bits per heavy atom. The molecule has 4 heterocycles. The van der Waals surface area contributed by atoms with Crippen LogP contribution in [0.1, 0.15) is 34.7 Å². The van der Waals surface area contributed by atoms with E-state index >= 15 is 0 Å². The number of benzene rings is 1. The Bertz CT molecular complexity index is 1260. The molecule has 1 aromatic carbocycles. The SMILES string of the molecule is Cc1cc([C@@H]2[C@@H](c3ccccn3)NC(=S)N2c2ccc(Cl)cc2)c(C)n1-c1ccccn1. The smallest absolute Gasteiger partial charge is 0.174 e. The lowest BCUT2D eigenvalue weighted by molar-refractivity contribution is 0.565. The molecular weight excluding hydrogens is 438 g/mol. The second-order valence-electron chi connectivity index (χ2n) is 7.82. The average molecular weight is 460 g/mol. The first kappa shape index (κ1) is 20.7. The molecule has 3 aromatic heterocycles. The fraction of sp³-hybridized carbons (Fsp3) is 0.160. The Labute approximate surface area is 197 Å². The Morgan fingerprint density at radius 3 is 2.31 bits per heavy atom. The molecule has 1 N–H and O–H groups in total. The van der Waals surface area contributed by atoms with Crippen molar-refractivity contribution in [2.45, 2.75) is 25.9 Å². The second kappa shape index (κ2) is 8.37. The van der Waals surface area contributed by atoms with Crippen molar-refractivity contribution in [1.29, 1.82) is 0 Å². The summed E-state index contributed by atoms with van der Waals surface area (Å²) in [4.78, 5) is 11.4. The summed E-state index contributed by atoms with van der Waals surface area (Å²) in [5, 5.41) is 4.87. The molecule has 0 saturated carbocycles. The van der Waals surface area contributed by atoms with E-state index in [-0.39, 0.29) is 12.1 Å². The molecule has 0 spiro atoms. The predicted molar refractivity (Wildman–Crippen MR) is 132 cm³/mol. The number of aromatic nitrogens is 3. The number of rotatable bonds is 4. The maximum atomic E-state index is 6.16. The fourth-order valence-electron chi connectivity index (χ4n) is 4.48. The van der Waals surface area contributed by atoms with E-state index < -0.39 is 0 Å². The van der Waals surface area contributed by atoms with Crippen molar-refractivity contribution in [3.05, 3.63) is 107 Å². The molecule has 0 unspecified atom stereocenters. The van der Waals surface area contributed by atoms with Gasteiger partial charge in [-0.05, 0) is 86.2 Å². The highest BCUT2D eigenvalue weighted by Crippen LogP contribution is 2.43. The summed E-state index contributed by atoms with van der Waals surface area (Å²) < 4.78 is 2.19. The van der Waals surface area contributed by atoms with E-state index in [9.17, 15) is 0 Å². The summed E-state index contributed by atoms with van der Waals surface area (Å²) in [5.41, 5.74) is 5.34. The van der Waals surface area contributed by atoms with Crippen LogP contribution in [0, 0.1) is 13.8 Å². The minimum Gasteiger partial charge on any atom is -0.351 e. The van der Waals surface area contributed by atoms with Crippen LogP contribution in [0.4, 0.5) is 5.69 Å². The van der Waals surface area contributed by atoms with Gasteiger partial charge in [-0.3, -0.25) is 4.98 Å². The van der Waals surface area contributed by atoms with Gasteiger partial charge < -0.3 is 14.8 Å². The monoisotopic (exact) mass is 459 g/mol. The molecule has 160 valence electrons. The van der Waals surface area contributed by atoms with Crippen LogP contribution in [0.3, 0.4) is 0 Å². The number of halogens is 1. The van der Waals surface area contributed by atoms with Gasteiger partial charge in [0.25, 0.3) is 0 Å². The summed E-state index contributed by atoms with van der Waals surface area (Å²) >= 11 is 12.0. The molecule has 0 bridgehead atoms. The molecule has 5 rings (SSSR count). The first-order valence-electron chi connectivity index (χ1n) is 10.4. The summed E-state index contributed by atoms with van der Waals surface area (Å²) in [7, 11) is 0. The van der Waals surface area contributed by atoms with Crippen LogP contribution < -0.4 is 10.2 Å². The van der Waals surface area contributed by atoms with Gasteiger partial charge in [0.15, 0.2) is 5.11 Å². The van der Waals surface area contributed by atoms with Crippen LogP contribution in [0.2, 0.25) is 5.02 Å². The topological polar surface area (TPSA) is 46.0 Å². The summed E-state index contributed by atoms with van der Waals surface area (Å²) in [6, 6.07) is 21.8. The zero-order valence-electron chi connectivity index (χ0n) is 17.7. The van der Waals surface area contributed by atoms with Crippen LogP contribution in [0.25, 0.3) is 5.82 Å². The third-order valence-corrected chi connectivity index (χ3v) is 6.44. The number of thiocarbonyl (C=S) groups is 1. The van der Waals surface area contributed by atoms with Crippen molar-refractivity contribution >= 4 is 34.6 Å². The highest BCUT2D eigenvalue weighted by atomic mass is 35.5. The fourth-order valence-corrected chi connectivity index (χ4v) is 4.95. The number of hydrogen-bond donors (Lipinski definition) is 1. The number of aryl methyl sites for hydroxylation is 1. The standard InChI is InChI=1S/C25H22ClN5S/c1-16-15-20(17(2)30(16)22-8-4-6-14-28-22)24-23(21-7-3-5-13-27-21)29-25(32)31(24)19-11-9-18(26)10-12-19/h3-15,23-24H,1-2H3,(H,29,32)/t23-,24-/m1/s1. The zero-order chi connectivity index (χ0) is 22.2. The first-order chi connectivity index (χ1) is 15.5. The maximum Gasteiger partial charge on any atom is 0.174 e. The van der Waals surface area contributed by atoms with Crippen molar-refractivity contribution in [2.75, 3.05) is 4.90 Å². The van der Waals surface area contributed by atoms with E-state index in [0.29, 0.717) is 10.1 Å². The van der Waals surface area contributed by atoms with Crippen LogP contribution in [0.5, 0.6) is 0 Å². The van der Waals surface area contributed by atoms with E-state index in [4.69, 9.17) is 23.8 Å². The minimum absolute atomic E-state index is 0.0813. The van der Waals surface area contributed by atoms with E-state index in [1.165, 1.54) is 5.56 Å². The Hall–Kier alpha value is -3.22. The third-order valence-electron chi connectivity index (χ3n) is 5.87. The van der Waals surface area contributed by atoms with Crippen LogP contribution in [-0.2, 0) is 0 Å². The summed E-state index contributed by atoms with van der Waals surface area (Å²) in [6.07, 6.45) is 3.64. The molecule has 5 nitrogen and oxygen atoms in total. The number of nitrogens with zero attached hydrogens (tertiary/aromatic N) is 4. The molecular formula is C25H22ClN5S. The Morgan fingerprint density at radius 2 is 1.66 bits per heavy atom. The quantitative estimate of drug-likeness (QED) is 0.396. The van der Waals surface area contributed by atoms with Crippen LogP contribution in [-0.4, -0.2) is 19.6 Å². The van der Waals surface area contributed by atoms with E-state index in [1.807, 2.05) is 73.1 Å². The second-order valence-corrected chi connectivity index (χ2v) is 8.65. The van der Waals surface area contributed by atoms with E-state index in [2.05, 4.69) is 44.7 Å². The highest BCUT2D eigenvalue weighted by molar-refractivity contribution is 7.80. The molecule has 1 fully saturated rings. The van der Waals surface area contributed by atoms with Crippen LogP contribution in [0.15, 0.2) is 79.1 Å². The van der Waals surface area contributed by atoms with Crippen LogP contribution >= 0.6 is 23.8 Å². The molecule has 4 aromatic rings. The van der Waals surface area contributed by atoms with Gasteiger partial charge in [0.05, 0.1) is 17.8 Å². The van der Waals surface area contributed by atoms with Gasteiger partial charge >= 0.3 is 0 Å². The minimum atomic E-state index is -0.0999. The molecule has 2 atom stereocenters. The maximum absolute atomic E-state index is 6.16. The Kier molecular flexibility index (Phi) is 5.41. The number of anilines is 1. The highest BCUT2D eigenvalue weighted by Gasteiger charge is 2.42. The number of hydrogen-bond acceptors (Lipinski definition) is 3. The van der Waals surface area contributed by atoms with E-state index in [1.54, 1.807) is 0 Å². The summed E-state index contributed by atoms with van der Waals surface area (Å²) in [6.45, 7) is 4.24. The molecule has 1 aliphatic heterocycles. The van der Waals surface area contributed by atoms with Crippen molar-refractivity contribution in [2.24, 2.45) is 0 Å². The predicted octanol–water partition coefficient (Wildman–Crippen LogP) is 5.71. The zero-order valence-corrected chi connectivity index (χ0v) is 19.3. The molecule has 1 saturated heterocycles. The first-order valence-corrected chi connectivity index (χ1v) is 11.2. The molecule has 0 radical (unpaired) electrons. The van der Waals surface area contributed by atoms with Gasteiger partial charge in [-0.15, -0.1) is 0 Å². The molecule has 1 aliphatic rings.